The highest BCUT2D eigenvalue weighted by molar-refractivity contribution is 5.22. The minimum atomic E-state index is 0.174. The van der Waals surface area contributed by atoms with Gasteiger partial charge < -0.3 is 5.11 Å². The predicted octanol–water partition coefficient (Wildman–Crippen LogP) is 5.19. The first-order valence-corrected chi connectivity index (χ1v) is 9.22. The average molecular weight is 290 g/mol. The molecule has 0 unspecified atom stereocenters. The first-order valence-electron chi connectivity index (χ1n) is 9.22. The lowest BCUT2D eigenvalue weighted by molar-refractivity contribution is -0.0888. The lowest BCUT2D eigenvalue weighted by Gasteiger charge is -2.59. The molecule has 5 atom stereocenters. The Labute approximate surface area is 131 Å². The summed E-state index contributed by atoms with van der Waals surface area (Å²) in [5, 5.41) is 10.00. The molecule has 0 aliphatic heterocycles. The van der Waals surface area contributed by atoms with Gasteiger partial charge in [-0.1, -0.05) is 45.8 Å². The summed E-state index contributed by atoms with van der Waals surface area (Å²) in [6.07, 6.45) is 11.9. The Bertz CT molecular complexity index is 424. The van der Waals surface area contributed by atoms with Gasteiger partial charge in [0.2, 0.25) is 0 Å². The van der Waals surface area contributed by atoms with E-state index in [1.54, 1.807) is 5.57 Å². The van der Waals surface area contributed by atoms with Crippen LogP contribution in [-0.2, 0) is 0 Å². The third kappa shape index (κ3) is 2.40. The Morgan fingerprint density at radius 3 is 2.62 bits per heavy atom. The van der Waals surface area contributed by atoms with E-state index in [0.717, 1.165) is 23.7 Å². The molecule has 1 N–H and O–H groups in total. The van der Waals surface area contributed by atoms with Gasteiger partial charge in [-0.3, -0.25) is 0 Å². The molecule has 0 saturated heterocycles. The van der Waals surface area contributed by atoms with E-state index >= 15 is 0 Å². The number of allylic oxidation sites excluding steroid dienone is 2. The number of hydrogen-bond acceptors (Lipinski definition) is 1. The molecule has 3 rings (SSSR count). The summed E-state index contributed by atoms with van der Waals surface area (Å²) in [6.45, 7) is 10.0. The highest BCUT2D eigenvalue weighted by Crippen LogP contribution is 2.63. The van der Waals surface area contributed by atoms with Crippen molar-refractivity contribution >= 4 is 0 Å². The van der Waals surface area contributed by atoms with E-state index in [0.29, 0.717) is 12.0 Å². The fourth-order valence-electron chi connectivity index (χ4n) is 6.17. The molecule has 21 heavy (non-hydrogen) atoms. The Morgan fingerprint density at radius 2 is 1.95 bits per heavy atom. The summed E-state index contributed by atoms with van der Waals surface area (Å²) in [7, 11) is 0. The molecule has 0 spiro atoms. The van der Waals surface area contributed by atoms with Crippen LogP contribution < -0.4 is 0 Å². The van der Waals surface area contributed by atoms with Gasteiger partial charge in [0.05, 0.1) is 0 Å². The fraction of sp³-hybridized carbons (Fsp3) is 0.900. The maximum atomic E-state index is 10.00. The molecule has 0 aromatic rings. The van der Waals surface area contributed by atoms with Crippen LogP contribution in [0.2, 0.25) is 0 Å². The summed E-state index contributed by atoms with van der Waals surface area (Å²) in [6, 6.07) is 0. The van der Waals surface area contributed by atoms with Crippen molar-refractivity contribution in [1.29, 1.82) is 0 Å². The van der Waals surface area contributed by atoms with Crippen molar-refractivity contribution in [3.8, 4) is 0 Å². The van der Waals surface area contributed by atoms with E-state index in [2.05, 4.69) is 33.8 Å². The fourth-order valence-corrected chi connectivity index (χ4v) is 6.17. The number of aliphatic hydroxyl groups is 1. The Kier molecular flexibility index (Phi) is 4.01. The molecular weight excluding hydrogens is 256 g/mol. The average Bonchev–Trinajstić information content (AvgIpc) is 2.46. The normalized spacial score (nSPS) is 46.8. The molecule has 1 heteroatoms. The molecule has 1 nitrogen and oxygen atoms in total. The SMILES string of the molecule is CC(C)[C@@H]1C=C2CC[C@@H]3[C@](C)(CO)CCC[C@@]3(C)[C@@H]2CC1. The summed E-state index contributed by atoms with van der Waals surface area (Å²) < 4.78 is 0. The minimum Gasteiger partial charge on any atom is -0.396 e. The topological polar surface area (TPSA) is 20.2 Å². The van der Waals surface area contributed by atoms with Gasteiger partial charge in [0.25, 0.3) is 0 Å². The molecular formula is C20H34O. The molecule has 0 aromatic heterocycles. The second kappa shape index (κ2) is 5.41. The van der Waals surface area contributed by atoms with E-state index in [4.69, 9.17) is 0 Å². The van der Waals surface area contributed by atoms with Gasteiger partial charge >= 0.3 is 0 Å². The predicted molar refractivity (Wildman–Crippen MR) is 89.0 cm³/mol. The van der Waals surface area contributed by atoms with Crippen molar-refractivity contribution in [3.05, 3.63) is 11.6 Å². The van der Waals surface area contributed by atoms with Crippen molar-refractivity contribution in [1.82, 2.24) is 0 Å². The van der Waals surface area contributed by atoms with Crippen LogP contribution >= 0.6 is 0 Å². The van der Waals surface area contributed by atoms with Crippen molar-refractivity contribution < 1.29 is 5.11 Å². The maximum absolute atomic E-state index is 10.00. The van der Waals surface area contributed by atoms with Gasteiger partial charge in [-0.25, -0.2) is 0 Å². The number of aliphatic hydroxyl groups excluding tert-OH is 1. The Morgan fingerprint density at radius 1 is 1.19 bits per heavy atom. The largest absolute Gasteiger partial charge is 0.396 e. The van der Waals surface area contributed by atoms with Crippen LogP contribution in [0.1, 0.15) is 72.6 Å². The smallest absolute Gasteiger partial charge is 0.0487 e. The van der Waals surface area contributed by atoms with Gasteiger partial charge in [0, 0.05) is 6.61 Å². The third-order valence-corrected chi connectivity index (χ3v) is 7.50. The molecule has 0 radical (unpaired) electrons. The quantitative estimate of drug-likeness (QED) is 0.694. The van der Waals surface area contributed by atoms with E-state index in [1.807, 2.05) is 0 Å². The van der Waals surface area contributed by atoms with E-state index in [1.165, 1.54) is 44.9 Å². The lowest BCUT2D eigenvalue weighted by atomic mass is 9.45. The van der Waals surface area contributed by atoms with E-state index in [9.17, 15) is 5.11 Å². The number of hydrogen-bond donors (Lipinski definition) is 1. The highest BCUT2D eigenvalue weighted by atomic mass is 16.3. The van der Waals surface area contributed by atoms with E-state index < -0.39 is 0 Å². The zero-order valence-electron chi connectivity index (χ0n) is 14.5. The first kappa shape index (κ1) is 15.6. The molecule has 0 heterocycles. The van der Waals surface area contributed by atoms with E-state index in [-0.39, 0.29) is 5.41 Å². The van der Waals surface area contributed by atoms with Crippen LogP contribution in [0.3, 0.4) is 0 Å². The lowest BCUT2D eigenvalue weighted by Crippen LogP contribution is -2.52. The second-order valence-electron chi connectivity index (χ2n) is 9.04. The number of rotatable bonds is 2. The molecule has 0 aromatic carbocycles. The third-order valence-electron chi connectivity index (χ3n) is 7.50. The van der Waals surface area contributed by atoms with Crippen molar-refractivity contribution in [2.45, 2.75) is 72.6 Å². The van der Waals surface area contributed by atoms with Crippen LogP contribution in [0.5, 0.6) is 0 Å². The first-order chi connectivity index (χ1) is 9.90. The van der Waals surface area contributed by atoms with Crippen molar-refractivity contribution in [3.63, 3.8) is 0 Å². The van der Waals surface area contributed by atoms with Crippen LogP contribution in [-0.4, -0.2) is 11.7 Å². The van der Waals surface area contributed by atoms with Crippen LogP contribution in [0.4, 0.5) is 0 Å². The number of fused-ring (bicyclic) bond motifs is 3. The molecule has 120 valence electrons. The van der Waals surface area contributed by atoms with Crippen LogP contribution in [0.15, 0.2) is 11.6 Å². The van der Waals surface area contributed by atoms with Crippen LogP contribution in [0, 0.1) is 34.5 Å². The minimum absolute atomic E-state index is 0.174. The zero-order chi connectivity index (χ0) is 15.3. The summed E-state index contributed by atoms with van der Waals surface area (Å²) in [5.41, 5.74) is 2.40. The highest BCUT2D eigenvalue weighted by Gasteiger charge is 2.54. The summed E-state index contributed by atoms with van der Waals surface area (Å²) in [4.78, 5) is 0. The van der Waals surface area contributed by atoms with Gasteiger partial charge in [-0.05, 0) is 73.0 Å². The molecule has 3 aliphatic carbocycles. The maximum Gasteiger partial charge on any atom is 0.0487 e. The van der Waals surface area contributed by atoms with Gasteiger partial charge in [-0.2, -0.15) is 0 Å². The molecule has 3 aliphatic rings. The van der Waals surface area contributed by atoms with Crippen molar-refractivity contribution in [2.24, 2.45) is 34.5 Å². The van der Waals surface area contributed by atoms with Gasteiger partial charge in [0.1, 0.15) is 0 Å². The molecule has 2 fully saturated rings. The molecule has 0 amide bonds. The zero-order valence-corrected chi connectivity index (χ0v) is 14.5. The summed E-state index contributed by atoms with van der Waals surface area (Å²) in [5.74, 6) is 3.13. The van der Waals surface area contributed by atoms with Gasteiger partial charge in [-0.15, -0.1) is 0 Å². The molecule has 2 saturated carbocycles. The molecule has 0 bridgehead atoms. The standard InChI is InChI=1S/C20H34O/c1-14(2)15-6-8-17-16(12-15)7-9-18-19(3,13-21)10-5-11-20(17,18)4/h12,14-15,17-18,21H,5-11,13H2,1-4H3/t15-,17+,18+,19-,20-/m0/s1. The second-order valence-corrected chi connectivity index (χ2v) is 9.04. The van der Waals surface area contributed by atoms with Gasteiger partial charge in [0.15, 0.2) is 0 Å². The van der Waals surface area contributed by atoms with Crippen LogP contribution in [0.25, 0.3) is 0 Å². The van der Waals surface area contributed by atoms with Crippen molar-refractivity contribution in [2.75, 3.05) is 6.61 Å². The summed E-state index contributed by atoms with van der Waals surface area (Å²) >= 11 is 0. The Hall–Kier alpha value is -0.300. The monoisotopic (exact) mass is 290 g/mol. The Balaban J connectivity index is 1.91.